The van der Waals surface area contributed by atoms with Crippen LogP contribution in [0.1, 0.15) is 18.5 Å². The summed E-state index contributed by atoms with van der Waals surface area (Å²) in [6, 6.07) is 5.59. The molecule has 0 aliphatic carbocycles. The minimum atomic E-state index is -1.15. The van der Waals surface area contributed by atoms with E-state index in [0.717, 1.165) is 0 Å². The van der Waals surface area contributed by atoms with Gasteiger partial charge in [-0.3, -0.25) is 4.79 Å². The Bertz CT molecular complexity index is 436. The number of hydrogen-bond donors (Lipinski definition) is 2. The van der Waals surface area contributed by atoms with Crippen molar-refractivity contribution in [3.8, 4) is 0 Å². The number of hydrogen-bond acceptors (Lipinski definition) is 3. The first kappa shape index (κ1) is 14.1. The van der Waals surface area contributed by atoms with Gasteiger partial charge in [-0.2, -0.15) is 0 Å². The summed E-state index contributed by atoms with van der Waals surface area (Å²) >= 11 is 0. The zero-order valence-electron chi connectivity index (χ0n) is 9.85. The number of benzene rings is 1. The molecule has 0 saturated carbocycles. The summed E-state index contributed by atoms with van der Waals surface area (Å²) < 4.78 is 18.0. The molecule has 0 saturated heterocycles. The van der Waals surface area contributed by atoms with Crippen molar-refractivity contribution in [3.05, 3.63) is 35.6 Å². The van der Waals surface area contributed by atoms with Gasteiger partial charge in [0, 0.05) is 5.56 Å². The molecule has 1 aromatic rings. The molecule has 5 nitrogen and oxygen atoms in total. The maximum atomic E-state index is 13.4. The summed E-state index contributed by atoms with van der Waals surface area (Å²) in [4.78, 5) is 21.5. The SMILES string of the molecule is CC(NC(=O)COCC(=O)O)c1ccccc1F. The third-order valence-corrected chi connectivity index (χ3v) is 2.21. The Balaban J connectivity index is 2.45. The molecule has 0 aromatic heterocycles. The molecule has 0 radical (unpaired) electrons. The second kappa shape index (κ2) is 6.70. The maximum absolute atomic E-state index is 13.4. The quantitative estimate of drug-likeness (QED) is 0.798. The lowest BCUT2D eigenvalue weighted by atomic mass is 10.1. The summed E-state index contributed by atoms with van der Waals surface area (Å²) in [6.45, 7) is 0.722. The van der Waals surface area contributed by atoms with Crippen molar-refractivity contribution in [2.45, 2.75) is 13.0 Å². The van der Waals surface area contributed by atoms with Crippen LogP contribution >= 0.6 is 0 Å². The minimum Gasteiger partial charge on any atom is -0.480 e. The lowest BCUT2D eigenvalue weighted by Crippen LogP contribution is -2.31. The molecule has 1 aromatic carbocycles. The average Bonchev–Trinajstić information content (AvgIpc) is 2.28. The van der Waals surface area contributed by atoms with Crippen molar-refractivity contribution in [2.24, 2.45) is 0 Å². The van der Waals surface area contributed by atoms with Gasteiger partial charge < -0.3 is 15.2 Å². The number of rotatable bonds is 6. The van der Waals surface area contributed by atoms with Crippen molar-refractivity contribution in [3.63, 3.8) is 0 Å². The number of carbonyl (C=O) groups is 2. The average molecular weight is 255 g/mol. The van der Waals surface area contributed by atoms with Gasteiger partial charge in [-0.05, 0) is 13.0 Å². The number of carboxylic acids is 1. The highest BCUT2D eigenvalue weighted by molar-refractivity contribution is 5.78. The van der Waals surface area contributed by atoms with Crippen molar-refractivity contribution in [2.75, 3.05) is 13.2 Å². The predicted molar refractivity (Wildman–Crippen MR) is 61.4 cm³/mol. The summed E-state index contributed by atoms with van der Waals surface area (Å²) in [6.07, 6.45) is 0. The van der Waals surface area contributed by atoms with Crippen LogP contribution < -0.4 is 5.32 Å². The monoisotopic (exact) mass is 255 g/mol. The van der Waals surface area contributed by atoms with Crippen molar-refractivity contribution < 1.29 is 23.8 Å². The number of nitrogens with one attached hydrogen (secondary N) is 1. The molecule has 1 unspecified atom stereocenters. The zero-order chi connectivity index (χ0) is 13.5. The van der Waals surface area contributed by atoms with Crippen molar-refractivity contribution in [1.29, 1.82) is 0 Å². The van der Waals surface area contributed by atoms with Gasteiger partial charge in [-0.15, -0.1) is 0 Å². The van der Waals surface area contributed by atoms with Crippen molar-refractivity contribution >= 4 is 11.9 Å². The van der Waals surface area contributed by atoms with Gasteiger partial charge in [-0.1, -0.05) is 18.2 Å². The molecule has 0 fully saturated rings. The van der Waals surface area contributed by atoms with Crippen LogP contribution in [0.25, 0.3) is 0 Å². The van der Waals surface area contributed by atoms with Crippen LogP contribution in [0.4, 0.5) is 4.39 Å². The van der Waals surface area contributed by atoms with Crippen LogP contribution in [0.2, 0.25) is 0 Å². The van der Waals surface area contributed by atoms with Gasteiger partial charge >= 0.3 is 5.97 Å². The van der Waals surface area contributed by atoms with Gasteiger partial charge in [0.1, 0.15) is 19.0 Å². The van der Waals surface area contributed by atoms with E-state index in [1.165, 1.54) is 6.07 Å². The van der Waals surface area contributed by atoms with E-state index in [9.17, 15) is 14.0 Å². The van der Waals surface area contributed by atoms with Crippen molar-refractivity contribution in [1.82, 2.24) is 5.32 Å². The van der Waals surface area contributed by atoms with Gasteiger partial charge in [0.05, 0.1) is 6.04 Å². The fourth-order valence-electron chi connectivity index (χ4n) is 1.42. The standard InChI is InChI=1S/C12H14FNO4/c1-8(9-4-2-3-5-10(9)13)14-11(15)6-18-7-12(16)17/h2-5,8H,6-7H2,1H3,(H,14,15)(H,16,17). The molecule has 1 rings (SSSR count). The van der Waals surface area contributed by atoms with E-state index in [0.29, 0.717) is 5.56 Å². The first-order chi connectivity index (χ1) is 8.50. The molecule has 0 spiro atoms. The van der Waals surface area contributed by atoms with E-state index in [-0.39, 0.29) is 6.61 Å². The van der Waals surface area contributed by atoms with Crippen LogP contribution in [0, 0.1) is 5.82 Å². The van der Waals surface area contributed by atoms with Crippen LogP contribution in [-0.2, 0) is 14.3 Å². The Labute approximate surface area is 104 Å². The largest absolute Gasteiger partial charge is 0.480 e. The van der Waals surface area contributed by atoms with Gasteiger partial charge in [0.2, 0.25) is 5.91 Å². The number of carbonyl (C=O) groups excluding carboxylic acids is 1. The number of carboxylic acid groups (broad SMARTS) is 1. The van der Waals surface area contributed by atoms with Gasteiger partial charge in [0.15, 0.2) is 0 Å². The second-order valence-electron chi connectivity index (χ2n) is 3.70. The fourth-order valence-corrected chi connectivity index (χ4v) is 1.42. The minimum absolute atomic E-state index is 0.365. The number of amides is 1. The second-order valence-corrected chi connectivity index (χ2v) is 3.70. The normalized spacial score (nSPS) is 11.9. The Kier molecular flexibility index (Phi) is 5.26. The Morgan fingerprint density at radius 3 is 2.67 bits per heavy atom. The van der Waals surface area contributed by atoms with E-state index >= 15 is 0 Å². The molecule has 6 heteroatoms. The van der Waals surface area contributed by atoms with Crippen LogP contribution in [0.5, 0.6) is 0 Å². The lowest BCUT2D eigenvalue weighted by Gasteiger charge is -2.14. The van der Waals surface area contributed by atoms with E-state index < -0.39 is 30.3 Å². The molecule has 18 heavy (non-hydrogen) atoms. The Morgan fingerprint density at radius 1 is 1.39 bits per heavy atom. The number of aliphatic carboxylic acids is 1. The topological polar surface area (TPSA) is 75.6 Å². The van der Waals surface area contributed by atoms with E-state index in [1.54, 1.807) is 25.1 Å². The number of ether oxygens (including phenoxy) is 1. The van der Waals surface area contributed by atoms with Gasteiger partial charge in [-0.25, -0.2) is 9.18 Å². The first-order valence-corrected chi connectivity index (χ1v) is 5.34. The molecule has 98 valence electrons. The third-order valence-electron chi connectivity index (χ3n) is 2.21. The van der Waals surface area contributed by atoms with Crippen LogP contribution in [-0.4, -0.2) is 30.2 Å². The van der Waals surface area contributed by atoms with Crippen LogP contribution in [0.15, 0.2) is 24.3 Å². The number of halogens is 1. The molecular weight excluding hydrogens is 241 g/mol. The third kappa shape index (κ3) is 4.50. The molecule has 1 atom stereocenters. The highest BCUT2D eigenvalue weighted by atomic mass is 19.1. The molecule has 0 aliphatic rings. The first-order valence-electron chi connectivity index (χ1n) is 5.34. The highest BCUT2D eigenvalue weighted by Gasteiger charge is 2.13. The fraction of sp³-hybridized carbons (Fsp3) is 0.333. The molecular formula is C12H14FNO4. The van der Waals surface area contributed by atoms with E-state index in [4.69, 9.17) is 5.11 Å². The molecule has 0 heterocycles. The Morgan fingerprint density at radius 2 is 2.06 bits per heavy atom. The predicted octanol–water partition coefficient (Wildman–Crippen LogP) is 1.10. The summed E-state index contributed by atoms with van der Waals surface area (Å²) in [5.41, 5.74) is 0.365. The Hall–Kier alpha value is -1.95. The van der Waals surface area contributed by atoms with Crippen LogP contribution in [0.3, 0.4) is 0 Å². The molecule has 2 N–H and O–H groups in total. The van der Waals surface area contributed by atoms with E-state index in [2.05, 4.69) is 10.1 Å². The highest BCUT2D eigenvalue weighted by Crippen LogP contribution is 2.15. The molecule has 0 bridgehead atoms. The summed E-state index contributed by atoms with van der Waals surface area (Å²) in [5, 5.41) is 10.8. The maximum Gasteiger partial charge on any atom is 0.329 e. The van der Waals surface area contributed by atoms with Gasteiger partial charge in [0.25, 0.3) is 0 Å². The molecule has 1 amide bonds. The smallest absolute Gasteiger partial charge is 0.329 e. The lowest BCUT2D eigenvalue weighted by molar-refractivity contribution is -0.143. The van der Waals surface area contributed by atoms with E-state index in [1.807, 2.05) is 0 Å². The molecule has 0 aliphatic heterocycles. The summed E-state index contributed by atoms with van der Waals surface area (Å²) in [7, 11) is 0. The zero-order valence-corrected chi connectivity index (χ0v) is 9.85. The summed E-state index contributed by atoms with van der Waals surface area (Å²) in [5.74, 6) is -2.05.